The average molecular weight is 373 g/mol. The van der Waals surface area contributed by atoms with Crippen LogP contribution in [0.1, 0.15) is 14.3 Å². The van der Waals surface area contributed by atoms with Gasteiger partial charge in [0.25, 0.3) is 0 Å². The van der Waals surface area contributed by atoms with Crippen molar-refractivity contribution in [2.24, 2.45) is 5.92 Å². The summed E-state index contributed by atoms with van der Waals surface area (Å²) in [7, 11) is -18.0. The van der Waals surface area contributed by atoms with Gasteiger partial charge in [0, 0.05) is 6.61 Å². The molecule has 1 N–H and O–H groups in total. The van der Waals surface area contributed by atoms with Gasteiger partial charge in [0.2, 0.25) is 0 Å². The quantitative estimate of drug-likeness (QED) is 0.545. The Bertz CT molecular complexity index is 183. The molecule has 21 heavy (non-hydrogen) atoms. The van der Waals surface area contributed by atoms with Gasteiger partial charge >= 0.3 is 73.1 Å². The Morgan fingerprint density at radius 1 is 0.667 bits per heavy atom. The van der Waals surface area contributed by atoms with E-state index in [0.717, 1.165) is 0 Å². The predicted molar refractivity (Wildman–Crippen MR) is 51.5 cm³/mol. The van der Waals surface area contributed by atoms with E-state index in [9.17, 15) is 51.8 Å². The van der Waals surface area contributed by atoms with Gasteiger partial charge in [-0.25, -0.2) is 0 Å². The summed E-state index contributed by atoms with van der Waals surface area (Å²) in [5.74, 6) is 0.690. The summed E-state index contributed by atoms with van der Waals surface area (Å²) in [6, 6.07) is 0. The van der Waals surface area contributed by atoms with Crippen LogP contribution in [0.3, 0.4) is 0 Å². The van der Waals surface area contributed by atoms with Crippen LogP contribution in [0.5, 0.6) is 0 Å². The largest absolute Gasteiger partial charge is 1.00 e. The van der Waals surface area contributed by atoms with E-state index >= 15 is 0 Å². The number of halogens is 12. The molecule has 0 heterocycles. The van der Waals surface area contributed by atoms with Crippen LogP contribution in [0.4, 0.5) is 51.8 Å². The first-order chi connectivity index (χ1) is 8.43. The molecule has 1 saturated carbocycles. The van der Waals surface area contributed by atoms with Crippen molar-refractivity contribution in [3.05, 3.63) is 0 Å². The number of rotatable bonds is 1. The van der Waals surface area contributed by atoms with Crippen LogP contribution in [0.2, 0.25) is 0 Å². The van der Waals surface area contributed by atoms with E-state index in [4.69, 9.17) is 5.11 Å². The van der Waals surface area contributed by atoms with E-state index < -0.39 is 21.8 Å². The molecule has 0 amide bonds. The van der Waals surface area contributed by atoms with Gasteiger partial charge in [0.05, 0.1) is 0 Å². The van der Waals surface area contributed by atoms with Gasteiger partial charge < -0.3 is 58.3 Å². The first-order valence-corrected chi connectivity index (χ1v) is 4.66. The number of aliphatic hydroxyl groups excluding tert-OH is 1. The fourth-order valence-electron chi connectivity index (χ4n) is 0.300. The second kappa shape index (κ2) is 13.4. The van der Waals surface area contributed by atoms with Crippen molar-refractivity contribution >= 4 is 21.8 Å². The van der Waals surface area contributed by atoms with Crippen LogP contribution < -0.4 is 51.4 Å². The maximum atomic E-state index is 9.75. The zero-order valence-corrected chi connectivity index (χ0v) is 13.5. The third-order valence-corrected chi connectivity index (χ3v) is 0.955. The fraction of sp³-hybridized carbons (Fsp3) is 1.00. The third kappa shape index (κ3) is 212. The Kier molecular flexibility index (Phi) is 19.1. The van der Waals surface area contributed by atoms with E-state index in [1.165, 1.54) is 12.8 Å². The van der Waals surface area contributed by atoms with Crippen LogP contribution in [0, 0.1) is 5.92 Å². The summed E-state index contributed by atoms with van der Waals surface area (Å²) in [4.78, 5) is 0. The first kappa shape index (κ1) is 29.9. The van der Waals surface area contributed by atoms with Crippen LogP contribution >= 0.6 is 0 Å². The molecule has 17 heteroatoms. The van der Waals surface area contributed by atoms with Gasteiger partial charge in [0.15, 0.2) is 0 Å². The predicted octanol–water partition coefficient (Wildman–Crippen LogP) is 1.41. The molecule has 0 aliphatic heterocycles. The summed E-state index contributed by atoms with van der Waals surface area (Å²) < 4.78 is 117. The SMILES string of the molecule is F[B-](F)(F)F.F[B-](F)(F)F.F[B-](F)(F)F.OCC1CC1.[H-].[K+]. The van der Waals surface area contributed by atoms with Gasteiger partial charge in [-0.1, -0.05) is 0 Å². The molecule has 0 bridgehead atoms. The molecule has 1 aliphatic carbocycles. The second-order valence-electron chi connectivity index (χ2n) is 3.11. The van der Waals surface area contributed by atoms with Crippen molar-refractivity contribution in [1.82, 2.24) is 0 Å². The summed E-state index contributed by atoms with van der Waals surface area (Å²) in [5, 5.41) is 8.21. The Balaban J connectivity index is -0.0000000567. The summed E-state index contributed by atoms with van der Waals surface area (Å²) in [5.41, 5.74) is 0. The molecule has 0 aromatic carbocycles. The molecule has 0 atom stereocenters. The molecule has 1 aliphatic rings. The van der Waals surface area contributed by atoms with E-state index in [-0.39, 0.29) is 52.8 Å². The molecule has 0 unspecified atom stereocenters. The van der Waals surface area contributed by atoms with E-state index in [2.05, 4.69) is 0 Å². The first-order valence-electron chi connectivity index (χ1n) is 4.66. The van der Waals surface area contributed by atoms with E-state index in [1.807, 2.05) is 0 Å². The smallest absolute Gasteiger partial charge is 1.00 e. The van der Waals surface area contributed by atoms with Crippen molar-refractivity contribution in [2.75, 3.05) is 6.61 Å². The Morgan fingerprint density at radius 3 is 0.810 bits per heavy atom. The maximum absolute atomic E-state index is 9.75. The summed E-state index contributed by atoms with van der Waals surface area (Å²) in [6.45, 7) is 0.417. The zero-order chi connectivity index (χ0) is 17.2. The monoisotopic (exact) mass is 373 g/mol. The Morgan fingerprint density at radius 2 is 0.810 bits per heavy atom. The standard InChI is InChI=1S/C4H8O.3BF4.K.H/c5-3-4-1-2-4;3*2-1(3,4)5;;/h4-5H,1-3H2;;;;;/q;3*-1;+1;-1. The fourth-order valence-corrected chi connectivity index (χ4v) is 0.300. The molecule has 0 spiro atoms. The molecule has 1 rings (SSSR count). The summed E-state index contributed by atoms with van der Waals surface area (Å²) in [6.07, 6.45) is 2.52. The molecule has 128 valence electrons. The molecule has 0 radical (unpaired) electrons. The van der Waals surface area contributed by atoms with Crippen molar-refractivity contribution < 1.29 is 110 Å². The summed E-state index contributed by atoms with van der Waals surface area (Å²) >= 11 is 0. The topological polar surface area (TPSA) is 20.2 Å². The van der Waals surface area contributed by atoms with Crippen LogP contribution in [-0.4, -0.2) is 33.5 Å². The van der Waals surface area contributed by atoms with E-state index in [1.54, 1.807) is 0 Å². The van der Waals surface area contributed by atoms with Crippen molar-refractivity contribution in [1.29, 1.82) is 0 Å². The van der Waals surface area contributed by atoms with Crippen molar-refractivity contribution in [2.45, 2.75) is 12.8 Å². The van der Waals surface area contributed by atoms with Crippen molar-refractivity contribution in [3.63, 3.8) is 0 Å². The second-order valence-corrected chi connectivity index (χ2v) is 3.11. The third-order valence-electron chi connectivity index (χ3n) is 0.955. The van der Waals surface area contributed by atoms with Crippen LogP contribution in [0.15, 0.2) is 0 Å². The Labute approximate surface area is 156 Å². The molecule has 0 aromatic rings. The maximum Gasteiger partial charge on any atom is 1.00 e. The van der Waals surface area contributed by atoms with Gasteiger partial charge in [-0.2, -0.15) is 0 Å². The molecule has 1 fully saturated rings. The minimum Gasteiger partial charge on any atom is -1.00 e. The van der Waals surface area contributed by atoms with Crippen molar-refractivity contribution in [3.8, 4) is 0 Å². The van der Waals surface area contributed by atoms with Gasteiger partial charge in [-0.15, -0.1) is 0 Å². The molecule has 0 saturated heterocycles. The van der Waals surface area contributed by atoms with Gasteiger partial charge in [-0.05, 0) is 18.8 Å². The van der Waals surface area contributed by atoms with Gasteiger partial charge in [0.1, 0.15) is 0 Å². The normalized spacial score (nSPS) is 14.1. The number of hydrogen-bond donors (Lipinski definition) is 1. The molecular weight excluding hydrogens is 364 g/mol. The molecular formula is C4H9B3F12KO-3. The minimum atomic E-state index is -6.00. The van der Waals surface area contributed by atoms with E-state index in [0.29, 0.717) is 12.5 Å². The van der Waals surface area contributed by atoms with Crippen LogP contribution in [-0.2, 0) is 0 Å². The zero-order valence-electron chi connectivity index (χ0n) is 11.4. The molecule has 1 nitrogen and oxygen atoms in total. The number of hydrogen-bond acceptors (Lipinski definition) is 1. The molecule has 0 aromatic heterocycles. The number of aliphatic hydroxyl groups is 1. The minimum absolute atomic E-state index is 0. The van der Waals surface area contributed by atoms with Gasteiger partial charge in [-0.3, -0.25) is 0 Å². The van der Waals surface area contributed by atoms with Crippen LogP contribution in [0.25, 0.3) is 0 Å². The Hall–Kier alpha value is 0.951. The average Bonchev–Trinajstić information content (AvgIpc) is 2.74.